The molecule has 126 valence electrons. The third-order valence-electron chi connectivity index (χ3n) is 4.74. The zero-order chi connectivity index (χ0) is 15.9. The van der Waals surface area contributed by atoms with Gasteiger partial charge in [-0.15, -0.1) is 0 Å². The molecule has 2 N–H and O–H groups in total. The molecule has 1 aromatic heterocycles. The number of carbonyl (C=O) groups excluding carboxylic acids is 1. The molecule has 2 aliphatic rings. The van der Waals surface area contributed by atoms with E-state index in [0.29, 0.717) is 18.3 Å². The second-order valence-corrected chi connectivity index (χ2v) is 6.61. The molecular weight excluding hydrogens is 290 g/mol. The fourth-order valence-electron chi connectivity index (χ4n) is 3.38. The molecule has 5 nitrogen and oxygen atoms in total. The molecule has 0 radical (unpaired) electrons. The standard InChI is InChI=1S/C18H27N3O2/c22-18(20-13-16-8-5-11-23-16)17-10-9-15(12-19-17)21-14-6-3-1-2-4-7-14/h9-10,12,14,16,21H,1-8,11,13H2,(H,20,22). The Labute approximate surface area is 138 Å². The fraction of sp³-hybridized carbons (Fsp3) is 0.667. The first-order chi connectivity index (χ1) is 11.3. The summed E-state index contributed by atoms with van der Waals surface area (Å²) in [6, 6.07) is 4.29. The van der Waals surface area contributed by atoms with E-state index in [-0.39, 0.29) is 12.0 Å². The van der Waals surface area contributed by atoms with Crippen molar-refractivity contribution < 1.29 is 9.53 Å². The molecule has 2 heterocycles. The summed E-state index contributed by atoms with van der Waals surface area (Å²) in [5, 5.41) is 6.45. The lowest BCUT2D eigenvalue weighted by Gasteiger charge is -2.17. The summed E-state index contributed by atoms with van der Waals surface area (Å²) in [7, 11) is 0. The van der Waals surface area contributed by atoms with E-state index in [1.54, 1.807) is 12.3 Å². The number of pyridine rings is 1. The molecule has 1 atom stereocenters. The van der Waals surface area contributed by atoms with E-state index < -0.39 is 0 Å². The number of amides is 1. The molecule has 5 heteroatoms. The molecule has 23 heavy (non-hydrogen) atoms. The Morgan fingerprint density at radius 3 is 2.61 bits per heavy atom. The van der Waals surface area contributed by atoms with Crippen LogP contribution in [0.25, 0.3) is 0 Å². The van der Waals surface area contributed by atoms with Gasteiger partial charge in [0, 0.05) is 19.2 Å². The maximum absolute atomic E-state index is 12.1. The van der Waals surface area contributed by atoms with Gasteiger partial charge in [-0.1, -0.05) is 25.7 Å². The average Bonchev–Trinajstić information content (AvgIpc) is 2.97. The van der Waals surface area contributed by atoms with Crippen molar-refractivity contribution in [1.29, 1.82) is 0 Å². The van der Waals surface area contributed by atoms with E-state index in [1.165, 1.54) is 38.5 Å². The minimum atomic E-state index is -0.124. The molecule has 3 rings (SSSR count). The van der Waals surface area contributed by atoms with Gasteiger partial charge in [0.25, 0.3) is 5.91 Å². The lowest BCUT2D eigenvalue weighted by atomic mass is 10.1. The Kier molecular flexibility index (Phi) is 5.86. The average molecular weight is 317 g/mol. The van der Waals surface area contributed by atoms with Gasteiger partial charge in [-0.2, -0.15) is 0 Å². The predicted molar refractivity (Wildman–Crippen MR) is 90.7 cm³/mol. The van der Waals surface area contributed by atoms with Gasteiger partial charge in [0.15, 0.2) is 0 Å². The van der Waals surface area contributed by atoms with Gasteiger partial charge in [0.2, 0.25) is 0 Å². The van der Waals surface area contributed by atoms with E-state index in [4.69, 9.17) is 4.74 Å². The first kappa shape index (κ1) is 16.2. The number of hydrogen-bond acceptors (Lipinski definition) is 4. The monoisotopic (exact) mass is 317 g/mol. The second kappa shape index (κ2) is 8.29. The van der Waals surface area contributed by atoms with E-state index in [2.05, 4.69) is 15.6 Å². The van der Waals surface area contributed by atoms with Crippen molar-refractivity contribution in [2.24, 2.45) is 0 Å². The number of hydrogen-bond donors (Lipinski definition) is 2. The van der Waals surface area contributed by atoms with Gasteiger partial charge < -0.3 is 15.4 Å². The van der Waals surface area contributed by atoms with Gasteiger partial charge in [-0.05, 0) is 37.8 Å². The van der Waals surface area contributed by atoms with Crippen LogP contribution in [0.5, 0.6) is 0 Å². The van der Waals surface area contributed by atoms with Crippen molar-refractivity contribution in [1.82, 2.24) is 10.3 Å². The molecule has 0 bridgehead atoms. The van der Waals surface area contributed by atoms with Crippen LogP contribution < -0.4 is 10.6 Å². The Bertz CT molecular complexity index is 489. The highest BCUT2D eigenvalue weighted by atomic mass is 16.5. The lowest BCUT2D eigenvalue weighted by Crippen LogP contribution is -2.32. The zero-order valence-corrected chi connectivity index (χ0v) is 13.7. The highest BCUT2D eigenvalue weighted by Crippen LogP contribution is 2.20. The molecule has 1 unspecified atom stereocenters. The van der Waals surface area contributed by atoms with Crippen molar-refractivity contribution in [2.75, 3.05) is 18.5 Å². The molecule has 1 aliphatic carbocycles. The summed E-state index contributed by atoms with van der Waals surface area (Å²) in [6.07, 6.45) is 11.8. The first-order valence-corrected chi connectivity index (χ1v) is 8.93. The van der Waals surface area contributed by atoms with E-state index in [9.17, 15) is 4.79 Å². The topological polar surface area (TPSA) is 63.2 Å². The summed E-state index contributed by atoms with van der Waals surface area (Å²) in [5.41, 5.74) is 1.47. The fourth-order valence-corrected chi connectivity index (χ4v) is 3.38. The highest BCUT2D eigenvalue weighted by molar-refractivity contribution is 5.92. The van der Waals surface area contributed by atoms with Crippen LogP contribution in [0.4, 0.5) is 5.69 Å². The first-order valence-electron chi connectivity index (χ1n) is 8.93. The van der Waals surface area contributed by atoms with Crippen molar-refractivity contribution in [3.05, 3.63) is 24.0 Å². The van der Waals surface area contributed by atoms with Gasteiger partial charge in [-0.25, -0.2) is 4.98 Å². The maximum atomic E-state index is 12.1. The number of anilines is 1. The lowest BCUT2D eigenvalue weighted by molar-refractivity contribution is 0.0854. The molecule has 0 aromatic carbocycles. The van der Waals surface area contributed by atoms with Crippen molar-refractivity contribution in [2.45, 2.75) is 63.5 Å². The highest BCUT2D eigenvalue weighted by Gasteiger charge is 2.17. The van der Waals surface area contributed by atoms with Gasteiger partial charge in [0.05, 0.1) is 18.0 Å². The van der Waals surface area contributed by atoms with Crippen LogP contribution in [0.15, 0.2) is 18.3 Å². The van der Waals surface area contributed by atoms with Gasteiger partial charge in [-0.3, -0.25) is 4.79 Å². The van der Waals surface area contributed by atoms with Gasteiger partial charge >= 0.3 is 0 Å². The molecule has 1 amide bonds. The normalized spacial score (nSPS) is 22.5. The summed E-state index contributed by atoms with van der Waals surface area (Å²) < 4.78 is 5.51. The summed E-state index contributed by atoms with van der Waals surface area (Å²) >= 11 is 0. The van der Waals surface area contributed by atoms with Crippen LogP contribution in [0.1, 0.15) is 61.9 Å². The number of nitrogens with zero attached hydrogens (tertiary/aromatic N) is 1. The smallest absolute Gasteiger partial charge is 0.269 e. The minimum absolute atomic E-state index is 0.124. The molecule has 0 spiro atoms. The second-order valence-electron chi connectivity index (χ2n) is 6.61. The molecule has 2 fully saturated rings. The van der Waals surface area contributed by atoms with E-state index in [0.717, 1.165) is 25.1 Å². The third-order valence-corrected chi connectivity index (χ3v) is 4.74. The van der Waals surface area contributed by atoms with Crippen LogP contribution in [-0.4, -0.2) is 36.2 Å². The van der Waals surface area contributed by atoms with Crippen molar-refractivity contribution >= 4 is 11.6 Å². The number of carbonyl (C=O) groups is 1. The van der Waals surface area contributed by atoms with Gasteiger partial charge in [0.1, 0.15) is 5.69 Å². The van der Waals surface area contributed by atoms with Crippen LogP contribution >= 0.6 is 0 Å². The Balaban J connectivity index is 1.48. The summed E-state index contributed by atoms with van der Waals surface area (Å²) in [4.78, 5) is 16.4. The van der Waals surface area contributed by atoms with Crippen LogP contribution in [0.3, 0.4) is 0 Å². The number of ether oxygens (including phenoxy) is 1. The molecular formula is C18H27N3O2. The molecule has 1 saturated heterocycles. The van der Waals surface area contributed by atoms with E-state index in [1.807, 2.05) is 6.07 Å². The van der Waals surface area contributed by atoms with Crippen LogP contribution in [-0.2, 0) is 4.74 Å². The number of rotatable bonds is 5. The molecule has 1 aliphatic heterocycles. The Morgan fingerprint density at radius 2 is 1.96 bits per heavy atom. The predicted octanol–water partition coefficient (Wildman–Crippen LogP) is 3.13. The van der Waals surface area contributed by atoms with Crippen LogP contribution in [0, 0.1) is 0 Å². The maximum Gasteiger partial charge on any atom is 0.269 e. The SMILES string of the molecule is O=C(NCC1CCCO1)c1ccc(NC2CCCCCC2)cn1. The third kappa shape index (κ3) is 4.93. The largest absolute Gasteiger partial charge is 0.381 e. The van der Waals surface area contributed by atoms with E-state index >= 15 is 0 Å². The summed E-state index contributed by atoms with van der Waals surface area (Å²) in [6.45, 7) is 1.38. The molecule has 1 aromatic rings. The molecule has 1 saturated carbocycles. The quantitative estimate of drug-likeness (QED) is 0.819. The number of aromatic nitrogens is 1. The summed E-state index contributed by atoms with van der Waals surface area (Å²) in [5.74, 6) is -0.124. The van der Waals surface area contributed by atoms with Crippen LogP contribution in [0.2, 0.25) is 0 Å². The zero-order valence-electron chi connectivity index (χ0n) is 13.7. The Morgan fingerprint density at radius 1 is 1.13 bits per heavy atom. The minimum Gasteiger partial charge on any atom is -0.381 e. The number of nitrogens with one attached hydrogen (secondary N) is 2. The van der Waals surface area contributed by atoms with Crippen molar-refractivity contribution in [3.8, 4) is 0 Å². The van der Waals surface area contributed by atoms with Crippen molar-refractivity contribution in [3.63, 3.8) is 0 Å². The Hall–Kier alpha value is -1.62.